The first-order chi connectivity index (χ1) is 6.12. The van der Waals surface area contributed by atoms with Gasteiger partial charge in [0.15, 0.2) is 6.49 Å². The summed E-state index contributed by atoms with van der Waals surface area (Å²) in [5, 5.41) is 0. The molecule has 0 heterocycles. The smallest absolute Gasteiger partial charge is 0.185 e. The van der Waals surface area contributed by atoms with Crippen molar-refractivity contribution in [2.75, 3.05) is 19.3 Å². The average Bonchev–Trinajstić information content (AvgIpc) is 2.11. The molecule has 0 aromatic heterocycles. The molecule has 3 nitrogen and oxygen atoms in total. The maximum atomic E-state index is 9.41. The highest BCUT2D eigenvalue weighted by Gasteiger charge is 2.08. The highest BCUT2D eigenvalue weighted by atomic mass is 32.5. The maximum Gasteiger partial charge on any atom is 0.185 e. The Morgan fingerprint density at radius 2 is 1.92 bits per heavy atom. The van der Waals surface area contributed by atoms with Gasteiger partial charge >= 0.3 is 0 Å². The first-order valence-electron chi connectivity index (χ1n) is 4.79. The largest absolute Gasteiger partial charge is 0.345 e. The molecule has 80 valence electrons. The molecule has 0 aliphatic carbocycles. The molecule has 3 N–H and O–H groups in total. The van der Waals surface area contributed by atoms with Gasteiger partial charge in [-0.3, -0.25) is 0 Å². The fourth-order valence-electron chi connectivity index (χ4n) is 0.898. The molecule has 0 fully saturated rings. The molecule has 0 radical (unpaired) electrons. The first-order valence-corrected chi connectivity index (χ1v) is 7.64. The minimum Gasteiger partial charge on any atom is -0.345 e. The number of unbranched alkanes of at least 4 members (excludes halogenated alkanes) is 3. The minimum absolute atomic E-state index is 0.561. The van der Waals surface area contributed by atoms with Gasteiger partial charge in [0.2, 0.25) is 0 Å². The van der Waals surface area contributed by atoms with Gasteiger partial charge in [-0.05, 0) is 31.2 Å². The summed E-state index contributed by atoms with van der Waals surface area (Å²) in [6, 6.07) is 0. The van der Waals surface area contributed by atoms with Crippen LogP contribution >= 0.6 is 6.49 Å². The van der Waals surface area contributed by atoms with E-state index < -0.39 is 6.49 Å². The molecule has 0 aromatic carbocycles. The van der Waals surface area contributed by atoms with Crippen LogP contribution in [-0.2, 0) is 16.3 Å². The molecule has 0 bridgehead atoms. The molecule has 13 heavy (non-hydrogen) atoms. The molecule has 0 aliphatic heterocycles. The van der Waals surface area contributed by atoms with E-state index in [1.807, 2.05) is 6.92 Å². The van der Waals surface area contributed by atoms with Crippen LogP contribution in [0, 0.1) is 0 Å². The van der Waals surface area contributed by atoms with Crippen molar-refractivity contribution in [3.8, 4) is 0 Å². The van der Waals surface area contributed by atoms with Crippen LogP contribution < -0.4 is 5.73 Å². The Hall–Kier alpha value is 0.530. The second-order valence-corrected chi connectivity index (χ2v) is 6.87. The predicted molar refractivity (Wildman–Crippen MR) is 60.5 cm³/mol. The third-order valence-corrected chi connectivity index (χ3v) is 4.27. The Bertz CT molecular complexity index is 166. The SMILES string of the molecule is CCP(O)(=S)OCCCCCCN. The van der Waals surface area contributed by atoms with Crippen molar-refractivity contribution in [3.05, 3.63) is 0 Å². The van der Waals surface area contributed by atoms with E-state index in [4.69, 9.17) is 22.1 Å². The summed E-state index contributed by atoms with van der Waals surface area (Å²) in [5.74, 6) is 0. The molecule has 1 unspecified atom stereocenters. The zero-order chi connectivity index (χ0) is 10.2. The minimum atomic E-state index is -2.42. The summed E-state index contributed by atoms with van der Waals surface area (Å²) in [6.45, 7) is 0.783. The van der Waals surface area contributed by atoms with Gasteiger partial charge in [0.05, 0.1) is 6.61 Å². The standard InChI is InChI=1S/C8H20NO2PS/c1-2-12(10,13)11-8-6-4-3-5-7-9/h2-9H2,1H3,(H,10,13). The summed E-state index contributed by atoms with van der Waals surface area (Å²) in [7, 11) is 0. The van der Waals surface area contributed by atoms with Gasteiger partial charge in [0.25, 0.3) is 0 Å². The van der Waals surface area contributed by atoms with Gasteiger partial charge in [0.1, 0.15) is 0 Å². The third-order valence-electron chi connectivity index (χ3n) is 1.79. The number of nitrogens with two attached hydrogens (primary N) is 1. The van der Waals surface area contributed by atoms with Crippen LogP contribution in [0.15, 0.2) is 0 Å². The molecule has 0 rings (SSSR count). The van der Waals surface area contributed by atoms with Crippen LogP contribution in [-0.4, -0.2) is 24.2 Å². The number of hydrogen-bond acceptors (Lipinski definition) is 3. The van der Waals surface area contributed by atoms with E-state index in [9.17, 15) is 4.89 Å². The summed E-state index contributed by atoms with van der Waals surface area (Å²) in [4.78, 5) is 9.41. The molecule has 0 spiro atoms. The second kappa shape index (κ2) is 7.89. The van der Waals surface area contributed by atoms with E-state index in [0.717, 1.165) is 32.2 Å². The number of hydrogen-bond donors (Lipinski definition) is 2. The van der Waals surface area contributed by atoms with Crippen molar-refractivity contribution in [2.45, 2.75) is 32.6 Å². The normalized spacial score (nSPS) is 15.6. The Labute approximate surface area is 85.8 Å². The van der Waals surface area contributed by atoms with Crippen molar-refractivity contribution in [1.29, 1.82) is 0 Å². The third kappa shape index (κ3) is 8.85. The van der Waals surface area contributed by atoms with Crippen LogP contribution in [0.25, 0.3) is 0 Å². The van der Waals surface area contributed by atoms with Crippen LogP contribution in [0.5, 0.6) is 0 Å². The van der Waals surface area contributed by atoms with Gasteiger partial charge in [-0.2, -0.15) is 0 Å². The molecule has 0 amide bonds. The van der Waals surface area contributed by atoms with Crippen LogP contribution in [0.1, 0.15) is 32.6 Å². The van der Waals surface area contributed by atoms with Crippen LogP contribution in [0.4, 0.5) is 0 Å². The Morgan fingerprint density at radius 1 is 1.31 bits per heavy atom. The summed E-state index contributed by atoms with van der Waals surface area (Å²) < 4.78 is 5.21. The molecule has 5 heteroatoms. The quantitative estimate of drug-likeness (QED) is 0.489. The Balaban J connectivity index is 3.21. The lowest BCUT2D eigenvalue weighted by atomic mass is 10.2. The van der Waals surface area contributed by atoms with Crippen LogP contribution in [0.2, 0.25) is 0 Å². The molecule has 0 aliphatic rings. The summed E-state index contributed by atoms with van der Waals surface area (Å²) >= 11 is 4.87. The molecule has 0 saturated carbocycles. The lowest BCUT2D eigenvalue weighted by molar-refractivity contribution is 0.297. The summed E-state index contributed by atoms with van der Waals surface area (Å²) in [5.41, 5.74) is 5.35. The van der Waals surface area contributed by atoms with E-state index in [1.165, 1.54) is 0 Å². The van der Waals surface area contributed by atoms with Gasteiger partial charge in [-0.1, -0.05) is 19.8 Å². The lowest BCUT2D eigenvalue weighted by Crippen LogP contribution is -1.99. The second-order valence-electron chi connectivity index (χ2n) is 2.99. The molecule has 1 atom stereocenters. The molecular formula is C8H20NO2PS. The first kappa shape index (κ1) is 13.5. The van der Waals surface area contributed by atoms with Gasteiger partial charge < -0.3 is 15.2 Å². The van der Waals surface area contributed by atoms with E-state index in [1.54, 1.807) is 0 Å². The fraction of sp³-hybridized carbons (Fsp3) is 1.00. The topological polar surface area (TPSA) is 55.5 Å². The van der Waals surface area contributed by atoms with Crippen molar-refractivity contribution in [1.82, 2.24) is 0 Å². The van der Waals surface area contributed by atoms with E-state index in [0.29, 0.717) is 12.8 Å². The van der Waals surface area contributed by atoms with Crippen molar-refractivity contribution in [3.63, 3.8) is 0 Å². The Kier molecular flexibility index (Phi) is 8.21. The van der Waals surface area contributed by atoms with Gasteiger partial charge in [-0.25, -0.2) is 0 Å². The van der Waals surface area contributed by atoms with E-state index in [2.05, 4.69) is 0 Å². The average molecular weight is 225 g/mol. The van der Waals surface area contributed by atoms with Gasteiger partial charge in [-0.15, -0.1) is 0 Å². The highest BCUT2D eigenvalue weighted by Crippen LogP contribution is 2.41. The van der Waals surface area contributed by atoms with Crippen molar-refractivity contribution < 1.29 is 9.42 Å². The van der Waals surface area contributed by atoms with Crippen LogP contribution in [0.3, 0.4) is 0 Å². The number of rotatable bonds is 8. The molecule has 0 saturated heterocycles. The summed E-state index contributed by atoms with van der Waals surface area (Å²) in [6.07, 6.45) is 4.85. The van der Waals surface area contributed by atoms with Crippen molar-refractivity contribution >= 4 is 18.3 Å². The predicted octanol–water partition coefficient (Wildman–Crippen LogP) is 1.84. The zero-order valence-corrected chi connectivity index (χ0v) is 9.95. The van der Waals surface area contributed by atoms with Gasteiger partial charge in [0, 0.05) is 6.16 Å². The lowest BCUT2D eigenvalue weighted by Gasteiger charge is -2.12. The maximum absolute atomic E-state index is 9.41. The fourth-order valence-corrected chi connectivity index (χ4v) is 1.72. The van der Waals surface area contributed by atoms with E-state index in [-0.39, 0.29) is 0 Å². The van der Waals surface area contributed by atoms with Crippen molar-refractivity contribution in [2.24, 2.45) is 5.73 Å². The zero-order valence-electron chi connectivity index (χ0n) is 8.24. The Morgan fingerprint density at radius 3 is 2.46 bits per heavy atom. The monoisotopic (exact) mass is 225 g/mol. The van der Waals surface area contributed by atoms with E-state index >= 15 is 0 Å². The highest BCUT2D eigenvalue weighted by molar-refractivity contribution is 8.09. The molecular weight excluding hydrogens is 205 g/mol. The molecule has 0 aromatic rings.